The van der Waals surface area contributed by atoms with Crippen molar-refractivity contribution in [3.05, 3.63) is 42.5 Å². The normalized spacial score (nSPS) is 11.1. The zero-order chi connectivity index (χ0) is 14.8. The maximum Gasteiger partial charge on any atom is 0.261 e. The van der Waals surface area contributed by atoms with Crippen LogP contribution in [0.2, 0.25) is 0 Å². The molecule has 0 aromatic heterocycles. The molecule has 2 aromatic carbocycles. The second-order valence-corrected chi connectivity index (χ2v) is 5.81. The predicted octanol–water partition coefficient (Wildman–Crippen LogP) is 1.66. The third-order valence-electron chi connectivity index (χ3n) is 2.67. The first-order chi connectivity index (χ1) is 9.42. The summed E-state index contributed by atoms with van der Waals surface area (Å²) in [4.78, 5) is 0.126. The Kier molecular flexibility index (Phi) is 3.71. The highest BCUT2D eigenvalue weighted by Crippen LogP contribution is 2.26. The summed E-state index contributed by atoms with van der Waals surface area (Å²) in [6.07, 6.45) is 0. The molecule has 5 N–H and O–H groups in total. The van der Waals surface area contributed by atoms with Crippen molar-refractivity contribution in [3.63, 3.8) is 0 Å². The molecule has 0 spiro atoms. The minimum absolute atomic E-state index is 0.126. The second kappa shape index (κ2) is 5.30. The van der Waals surface area contributed by atoms with Gasteiger partial charge in [-0.3, -0.25) is 4.72 Å². The summed E-state index contributed by atoms with van der Waals surface area (Å²) in [5.41, 5.74) is 12.5. The topological polar surface area (TPSA) is 107 Å². The van der Waals surface area contributed by atoms with Crippen LogP contribution >= 0.6 is 0 Å². The molecular formula is C13H15N3O3S. The van der Waals surface area contributed by atoms with Crippen LogP contribution in [0.1, 0.15) is 0 Å². The monoisotopic (exact) mass is 293 g/mol. The van der Waals surface area contributed by atoms with E-state index in [9.17, 15) is 8.42 Å². The van der Waals surface area contributed by atoms with Gasteiger partial charge < -0.3 is 16.2 Å². The van der Waals surface area contributed by atoms with E-state index >= 15 is 0 Å². The van der Waals surface area contributed by atoms with Gasteiger partial charge in [0.1, 0.15) is 5.75 Å². The maximum absolute atomic E-state index is 12.2. The highest BCUT2D eigenvalue weighted by atomic mass is 32.2. The Hall–Kier alpha value is -2.41. The van der Waals surface area contributed by atoms with Crippen molar-refractivity contribution < 1.29 is 13.2 Å². The molecule has 0 atom stereocenters. The second-order valence-electron chi connectivity index (χ2n) is 4.13. The molecule has 106 valence electrons. The fourth-order valence-electron chi connectivity index (χ4n) is 1.66. The molecular weight excluding hydrogens is 278 g/mol. The van der Waals surface area contributed by atoms with Crippen molar-refractivity contribution in [1.29, 1.82) is 0 Å². The van der Waals surface area contributed by atoms with Crippen LogP contribution in [-0.2, 0) is 10.0 Å². The van der Waals surface area contributed by atoms with Crippen LogP contribution in [0.15, 0.2) is 47.4 Å². The van der Waals surface area contributed by atoms with Crippen molar-refractivity contribution >= 4 is 27.1 Å². The standard InChI is InChI=1S/C13H15N3O3S/c1-19-13-7-4-10(8-12(13)15)16-20(17,18)11-5-2-9(14)3-6-11/h2-8,16H,14-15H2,1H3. The fraction of sp³-hybridized carbons (Fsp3) is 0.0769. The minimum atomic E-state index is -3.67. The summed E-state index contributed by atoms with van der Waals surface area (Å²) >= 11 is 0. The van der Waals surface area contributed by atoms with Gasteiger partial charge in [0.15, 0.2) is 0 Å². The summed E-state index contributed by atoms with van der Waals surface area (Å²) in [6, 6.07) is 10.6. The summed E-state index contributed by atoms with van der Waals surface area (Å²) < 4.78 is 31.8. The quantitative estimate of drug-likeness (QED) is 0.743. The van der Waals surface area contributed by atoms with E-state index in [-0.39, 0.29) is 4.90 Å². The molecule has 0 aliphatic heterocycles. The third-order valence-corrected chi connectivity index (χ3v) is 4.07. The Morgan fingerprint density at radius 3 is 2.25 bits per heavy atom. The first-order valence-corrected chi connectivity index (χ1v) is 7.22. The summed E-state index contributed by atoms with van der Waals surface area (Å²) in [5, 5.41) is 0. The number of benzene rings is 2. The summed E-state index contributed by atoms with van der Waals surface area (Å²) in [6.45, 7) is 0. The molecule has 0 amide bonds. The molecule has 0 aliphatic carbocycles. The van der Waals surface area contributed by atoms with Gasteiger partial charge in [0.2, 0.25) is 0 Å². The lowest BCUT2D eigenvalue weighted by Gasteiger charge is -2.10. The Morgan fingerprint density at radius 1 is 1.05 bits per heavy atom. The zero-order valence-corrected chi connectivity index (χ0v) is 11.6. The first-order valence-electron chi connectivity index (χ1n) is 5.74. The zero-order valence-electron chi connectivity index (χ0n) is 10.8. The molecule has 2 rings (SSSR count). The molecule has 0 unspecified atom stereocenters. The van der Waals surface area contributed by atoms with Gasteiger partial charge in [-0.15, -0.1) is 0 Å². The van der Waals surface area contributed by atoms with Crippen LogP contribution < -0.4 is 20.9 Å². The molecule has 0 saturated carbocycles. The number of nitrogens with one attached hydrogen (secondary N) is 1. The van der Waals surface area contributed by atoms with Crippen LogP contribution in [0.25, 0.3) is 0 Å². The van der Waals surface area contributed by atoms with Crippen molar-refractivity contribution in [3.8, 4) is 5.75 Å². The summed E-state index contributed by atoms with van der Waals surface area (Å²) in [5.74, 6) is 0.487. The summed E-state index contributed by atoms with van der Waals surface area (Å²) in [7, 11) is -2.18. The van der Waals surface area contributed by atoms with Crippen LogP contribution in [0, 0.1) is 0 Å². The van der Waals surface area contributed by atoms with Gasteiger partial charge in [0.25, 0.3) is 10.0 Å². The molecule has 0 bridgehead atoms. The maximum atomic E-state index is 12.2. The van der Waals surface area contributed by atoms with E-state index in [1.54, 1.807) is 12.1 Å². The number of ether oxygens (including phenoxy) is 1. The van der Waals surface area contributed by atoms with Gasteiger partial charge in [0.05, 0.1) is 23.4 Å². The molecule has 2 aromatic rings. The van der Waals surface area contributed by atoms with Crippen LogP contribution in [-0.4, -0.2) is 15.5 Å². The smallest absolute Gasteiger partial charge is 0.261 e. The van der Waals surface area contributed by atoms with Crippen LogP contribution in [0.4, 0.5) is 17.1 Å². The van der Waals surface area contributed by atoms with E-state index in [1.165, 1.54) is 37.4 Å². The van der Waals surface area contributed by atoms with E-state index < -0.39 is 10.0 Å². The number of rotatable bonds is 4. The highest BCUT2D eigenvalue weighted by Gasteiger charge is 2.14. The van der Waals surface area contributed by atoms with E-state index in [0.717, 1.165) is 0 Å². The lowest BCUT2D eigenvalue weighted by atomic mass is 10.2. The van der Waals surface area contributed by atoms with E-state index in [1.807, 2.05) is 0 Å². The lowest BCUT2D eigenvalue weighted by molar-refractivity contribution is 0.417. The lowest BCUT2D eigenvalue weighted by Crippen LogP contribution is -2.13. The molecule has 6 nitrogen and oxygen atoms in total. The van der Waals surface area contributed by atoms with Crippen molar-refractivity contribution in [2.24, 2.45) is 0 Å². The molecule has 0 fully saturated rings. The fourth-order valence-corrected chi connectivity index (χ4v) is 2.71. The van der Waals surface area contributed by atoms with Gasteiger partial charge in [-0.2, -0.15) is 0 Å². The first kappa shape index (κ1) is 14.0. The van der Waals surface area contributed by atoms with Gasteiger partial charge >= 0.3 is 0 Å². The molecule has 0 aliphatic rings. The minimum Gasteiger partial charge on any atom is -0.495 e. The van der Waals surface area contributed by atoms with Gasteiger partial charge in [-0.1, -0.05) is 0 Å². The number of hydrogen-bond acceptors (Lipinski definition) is 5. The number of sulfonamides is 1. The molecule has 0 heterocycles. The number of methoxy groups -OCH3 is 1. The van der Waals surface area contributed by atoms with Gasteiger partial charge in [-0.25, -0.2) is 8.42 Å². The molecule has 0 saturated heterocycles. The van der Waals surface area contributed by atoms with E-state index in [2.05, 4.69) is 4.72 Å². The molecule has 7 heteroatoms. The molecule has 0 radical (unpaired) electrons. The average molecular weight is 293 g/mol. The Balaban J connectivity index is 2.28. The van der Waals surface area contributed by atoms with Crippen molar-refractivity contribution in [2.75, 3.05) is 23.3 Å². The van der Waals surface area contributed by atoms with E-state index in [0.29, 0.717) is 22.8 Å². The SMILES string of the molecule is COc1ccc(NS(=O)(=O)c2ccc(N)cc2)cc1N. The van der Waals surface area contributed by atoms with Crippen molar-refractivity contribution in [2.45, 2.75) is 4.90 Å². The largest absolute Gasteiger partial charge is 0.495 e. The third kappa shape index (κ3) is 2.94. The Bertz CT molecular complexity index is 712. The number of nitrogen functional groups attached to an aromatic ring is 2. The number of hydrogen-bond donors (Lipinski definition) is 3. The van der Waals surface area contributed by atoms with E-state index in [4.69, 9.17) is 16.2 Å². The van der Waals surface area contributed by atoms with Gasteiger partial charge in [-0.05, 0) is 42.5 Å². The predicted molar refractivity (Wildman–Crippen MR) is 79.1 cm³/mol. The van der Waals surface area contributed by atoms with Crippen LogP contribution in [0.3, 0.4) is 0 Å². The van der Waals surface area contributed by atoms with Crippen molar-refractivity contribution in [1.82, 2.24) is 0 Å². The average Bonchev–Trinajstić information content (AvgIpc) is 2.39. The highest BCUT2D eigenvalue weighted by molar-refractivity contribution is 7.92. The molecule has 20 heavy (non-hydrogen) atoms. The number of anilines is 3. The number of nitrogens with two attached hydrogens (primary N) is 2. The van der Waals surface area contributed by atoms with Gasteiger partial charge in [0, 0.05) is 5.69 Å². The Morgan fingerprint density at radius 2 is 1.70 bits per heavy atom. The van der Waals surface area contributed by atoms with Crippen LogP contribution in [0.5, 0.6) is 5.75 Å². The Labute approximate surface area is 117 Å².